The standard InChI is InChI=1S/C15H17N3O3/c19-7-10-2-1-3-12(10)18-14-11-5-4-9(15(20)21)6-13(11)16-8-17-14/h4-6,8,10,12,19H,1-3,7H2,(H,20,21)(H,16,17,18). The van der Waals surface area contributed by atoms with Crippen LogP contribution in [0.2, 0.25) is 0 Å². The van der Waals surface area contributed by atoms with E-state index in [9.17, 15) is 9.90 Å². The molecule has 0 aliphatic heterocycles. The van der Waals surface area contributed by atoms with Crippen LogP contribution in [0.3, 0.4) is 0 Å². The minimum Gasteiger partial charge on any atom is -0.478 e. The molecule has 0 amide bonds. The van der Waals surface area contributed by atoms with Crippen molar-refractivity contribution in [2.75, 3.05) is 11.9 Å². The van der Waals surface area contributed by atoms with Gasteiger partial charge in [-0.2, -0.15) is 0 Å². The van der Waals surface area contributed by atoms with E-state index in [2.05, 4.69) is 15.3 Å². The Morgan fingerprint density at radius 1 is 1.33 bits per heavy atom. The average molecular weight is 287 g/mol. The molecule has 2 aromatic rings. The maximum Gasteiger partial charge on any atom is 0.335 e. The van der Waals surface area contributed by atoms with Crippen molar-refractivity contribution in [2.45, 2.75) is 25.3 Å². The number of carboxylic acid groups (broad SMARTS) is 1. The second-order valence-corrected chi connectivity index (χ2v) is 5.38. The van der Waals surface area contributed by atoms with Gasteiger partial charge in [-0.15, -0.1) is 0 Å². The molecule has 0 spiro atoms. The summed E-state index contributed by atoms with van der Waals surface area (Å²) in [6.45, 7) is 0.170. The third-order valence-electron chi connectivity index (χ3n) is 4.10. The number of aromatic carboxylic acids is 1. The Kier molecular flexibility index (Phi) is 3.70. The van der Waals surface area contributed by atoms with Crippen LogP contribution in [0.5, 0.6) is 0 Å². The van der Waals surface area contributed by atoms with Gasteiger partial charge in [0.25, 0.3) is 0 Å². The van der Waals surface area contributed by atoms with Crippen molar-refractivity contribution in [2.24, 2.45) is 5.92 Å². The van der Waals surface area contributed by atoms with Crippen LogP contribution < -0.4 is 5.32 Å². The summed E-state index contributed by atoms with van der Waals surface area (Å²) in [5, 5.41) is 22.6. The molecule has 1 fully saturated rings. The zero-order valence-corrected chi connectivity index (χ0v) is 11.5. The number of rotatable bonds is 4. The van der Waals surface area contributed by atoms with Crippen LogP contribution in [0.15, 0.2) is 24.5 Å². The highest BCUT2D eigenvalue weighted by Gasteiger charge is 2.27. The van der Waals surface area contributed by atoms with E-state index in [0.717, 1.165) is 24.6 Å². The largest absolute Gasteiger partial charge is 0.478 e. The molecule has 1 aromatic heterocycles. The molecule has 110 valence electrons. The lowest BCUT2D eigenvalue weighted by Crippen LogP contribution is -2.26. The zero-order chi connectivity index (χ0) is 14.8. The normalized spacial score (nSPS) is 21.6. The molecule has 2 unspecified atom stereocenters. The van der Waals surface area contributed by atoms with Crippen LogP contribution in [0.1, 0.15) is 29.6 Å². The number of nitrogens with one attached hydrogen (secondary N) is 1. The Bertz CT molecular complexity index is 674. The molecule has 6 heteroatoms. The van der Waals surface area contributed by atoms with E-state index in [-0.39, 0.29) is 24.1 Å². The van der Waals surface area contributed by atoms with Crippen LogP contribution in [0.4, 0.5) is 5.82 Å². The molecule has 1 aliphatic rings. The van der Waals surface area contributed by atoms with Gasteiger partial charge in [0.15, 0.2) is 0 Å². The second-order valence-electron chi connectivity index (χ2n) is 5.38. The van der Waals surface area contributed by atoms with Gasteiger partial charge in [0.05, 0.1) is 11.1 Å². The lowest BCUT2D eigenvalue weighted by atomic mass is 10.0. The number of fused-ring (bicyclic) bond motifs is 1. The number of aromatic nitrogens is 2. The summed E-state index contributed by atoms with van der Waals surface area (Å²) in [5.41, 5.74) is 0.812. The molecular weight excluding hydrogens is 270 g/mol. The third-order valence-corrected chi connectivity index (χ3v) is 4.10. The molecule has 6 nitrogen and oxygen atoms in total. The molecule has 1 saturated carbocycles. The number of hydrogen-bond acceptors (Lipinski definition) is 5. The van der Waals surface area contributed by atoms with Crippen molar-refractivity contribution in [1.82, 2.24) is 9.97 Å². The molecule has 0 saturated heterocycles. The molecular formula is C15H17N3O3. The summed E-state index contributed by atoms with van der Waals surface area (Å²) in [6, 6.07) is 5.02. The molecule has 3 rings (SSSR count). The van der Waals surface area contributed by atoms with Crippen LogP contribution in [-0.2, 0) is 0 Å². The van der Waals surface area contributed by atoms with E-state index in [4.69, 9.17) is 5.11 Å². The van der Waals surface area contributed by atoms with Gasteiger partial charge in [0.2, 0.25) is 0 Å². The highest BCUT2D eigenvalue weighted by molar-refractivity contribution is 5.96. The SMILES string of the molecule is O=C(O)c1ccc2c(NC3CCCC3CO)ncnc2c1. The number of hydrogen-bond donors (Lipinski definition) is 3. The number of carboxylic acids is 1. The van der Waals surface area contributed by atoms with Gasteiger partial charge in [-0.1, -0.05) is 6.42 Å². The topological polar surface area (TPSA) is 95.3 Å². The van der Waals surface area contributed by atoms with Crippen molar-refractivity contribution < 1.29 is 15.0 Å². The first-order valence-electron chi connectivity index (χ1n) is 7.04. The number of anilines is 1. The van der Waals surface area contributed by atoms with E-state index in [0.29, 0.717) is 11.3 Å². The summed E-state index contributed by atoms with van der Waals surface area (Å²) in [7, 11) is 0. The van der Waals surface area contributed by atoms with Gasteiger partial charge >= 0.3 is 5.97 Å². The van der Waals surface area contributed by atoms with Gasteiger partial charge < -0.3 is 15.5 Å². The number of aliphatic hydroxyl groups excluding tert-OH is 1. The van der Waals surface area contributed by atoms with E-state index in [1.807, 2.05) is 0 Å². The van der Waals surface area contributed by atoms with Crippen molar-refractivity contribution in [3.8, 4) is 0 Å². The fourth-order valence-electron chi connectivity index (χ4n) is 2.93. The predicted molar refractivity (Wildman–Crippen MR) is 78.3 cm³/mol. The number of benzene rings is 1. The maximum atomic E-state index is 11.0. The second kappa shape index (κ2) is 5.65. The van der Waals surface area contributed by atoms with Gasteiger partial charge in [0, 0.05) is 24.0 Å². The lowest BCUT2D eigenvalue weighted by molar-refractivity contribution is 0.0697. The minimum absolute atomic E-state index is 0.170. The lowest BCUT2D eigenvalue weighted by Gasteiger charge is -2.20. The Balaban J connectivity index is 1.93. The third kappa shape index (κ3) is 2.67. The first-order chi connectivity index (χ1) is 10.2. The monoisotopic (exact) mass is 287 g/mol. The number of aliphatic hydroxyl groups is 1. The highest BCUT2D eigenvalue weighted by atomic mass is 16.4. The quantitative estimate of drug-likeness (QED) is 0.795. The summed E-state index contributed by atoms with van der Waals surface area (Å²) >= 11 is 0. The first kappa shape index (κ1) is 13.8. The van der Waals surface area contributed by atoms with Crippen LogP contribution in [0, 0.1) is 5.92 Å². The Hall–Kier alpha value is -2.21. The van der Waals surface area contributed by atoms with E-state index >= 15 is 0 Å². The van der Waals surface area contributed by atoms with Crippen molar-refractivity contribution in [3.63, 3.8) is 0 Å². The molecule has 0 radical (unpaired) electrons. The number of carbonyl (C=O) groups is 1. The van der Waals surface area contributed by atoms with E-state index in [1.165, 1.54) is 6.33 Å². The fourth-order valence-corrected chi connectivity index (χ4v) is 2.93. The van der Waals surface area contributed by atoms with Crippen LogP contribution in [-0.4, -0.2) is 38.8 Å². The Morgan fingerprint density at radius 2 is 2.19 bits per heavy atom. The van der Waals surface area contributed by atoms with E-state index < -0.39 is 5.97 Å². The molecule has 2 atom stereocenters. The van der Waals surface area contributed by atoms with Crippen molar-refractivity contribution in [1.29, 1.82) is 0 Å². The smallest absolute Gasteiger partial charge is 0.335 e. The molecule has 3 N–H and O–H groups in total. The van der Waals surface area contributed by atoms with Crippen LogP contribution in [0.25, 0.3) is 10.9 Å². The molecule has 1 aromatic carbocycles. The fraction of sp³-hybridized carbons (Fsp3) is 0.400. The maximum absolute atomic E-state index is 11.0. The summed E-state index contributed by atoms with van der Waals surface area (Å²) in [4.78, 5) is 19.4. The van der Waals surface area contributed by atoms with Gasteiger partial charge in [0.1, 0.15) is 12.1 Å². The molecule has 0 bridgehead atoms. The van der Waals surface area contributed by atoms with Crippen LogP contribution >= 0.6 is 0 Å². The summed E-state index contributed by atoms with van der Waals surface area (Å²) in [5.74, 6) is -0.0308. The summed E-state index contributed by atoms with van der Waals surface area (Å²) < 4.78 is 0. The summed E-state index contributed by atoms with van der Waals surface area (Å²) in [6.07, 6.45) is 4.54. The van der Waals surface area contributed by atoms with Gasteiger partial charge in [-0.3, -0.25) is 0 Å². The molecule has 21 heavy (non-hydrogen) atoms. The van der Waals surface area contributed by atoms with Crippen molar-refractivity contribution >= 4 is 22.7 Å². The molecule has 1 aliphatic carbocycles. The van der Waals surface area contributed by atoms with Gasteiger partial charge in [-0.05, 0) is 31.0 Å². The highest BCUT2D eigenvalue weighted by Crippen LogP contribution is 2.29. The molecule has 1 heterocycles. The average Bonchev–Trinajstić information content (AvgIpc) is 2.94. The van der Waals surface area contributed by atoms with Gasteiger partial charge in [-0.25, -0.2) is 14.8 Å². The van der Waals surface area contributed by atoms with E-state index in [1.54, 1.807) is 18.2 Å². The number of nitrogens with zero attached hydrogens (tertiary/aromatic N) is 2. The first-order valence-corrected chi connectivity index (χ1v) is 7.04. The Morgan fingerprint density at radius 3 is 2.95 bits per heavy atom. The van der Waals surface area contributed by atoms with Crippen molar-refractivity contribution in [3.05, 3.63) is 30.1 Å². The predicted octanol–water partition coefficient (Wildman–Crippen LogP) is 1.90. The Labute approximate surface area is 121 Å². The minimum atomic E-state index is -0.971. The zero-order valence-electron chi connectivity index (χ0n) is 11.5.